The fourth-order valence-electron chi connectivity index (χ4n) is 1.72. The van der Waals surface area contributed by atoms with Crippen molar-refractivity contribution < 1.29 is 9.53 Å². The number of carbonyl (C=O) groups excluding carboxylic acids is 1. The van der Waals surface area contributed by atoms with Gasteiger partial charge in [0.25, 0.3) is 0 Å². The Hall–Kier alpha value is -1.27. The maximum atomic E-state index is 11.9. The van der Waals surface area contributed by atoms with Crippen LogP contribution in [-0.4, -0.2) is 19.7 Å². The van der Waals surface area contributed by atoms with Crippen molar-refractivity contribution >= 4 is 46.3 Å². The normalized spacial score (nSPS) is 12.0. The molecule has 112 valence electrons. The molecule has 2 N–H and O–H groups in total. The Morgan fingerprint density at radius 2 is 2.05 bits per heavy atom. The number of hydrogen-bond donors (Lipinski definition) is 2. The Morgan fingerprint density at radius 3 is 2.67 bits per heavy atom. The number of thiophene rings is 1. The SMILES string of the molecule is COC(CNC(=O)Nc1ccccc1Cl)c1ccc(Cl)s1. The lowest BCUT2D eigenvalue weighted by molar-refractivity contribution is 0.107. The predicted molar refractivity (Wildman–Crippen MR) is 87.6 cm³/mol. The first-order chi connectivity index (χ1) is 10.1. The summed E-state index contributed by atoms with van der Waals surface area (Å²) in [6.45, 7) is 0.337. The number of hydrogen-bond acceptors (Lipinski definition) is 3. The molecule has 0 aliphatic carbocycles. The number of halogens is 2. The van der Waals surface area contributed by atoms with Crippen molar-refractivity contribution in [2.45, 2.75) is 6.10 Å². The van der Waals surface area contributed by atoms with Gasteiger partial charge in [-0.1, -0.05) is 35.3 Å². The summed E-state index contributed by atoms with van der Waals surface area (Å²) >= 11 is 13.3. The molecule has 2 amide bonds. The molecule has 2 aromatic rings. The maximum Gasteiger partial charge on any atom is 0.319 e. The quantitative estimate of drug-likeness (QED) is 0.834. The Balaban J connectivity index is 1.89. The Labute approximate surface area is 137 Å². The Morgan fingerprint density at radius 1 is 1.29 bits per heavy atom. The Bertz CT molecular complexity index is 619. The first-order valence-corrected chi connectivity index (χ1v) is 7.75. The zero-order valence-corrected chi connectivity index (χ0v) is 13.6. The molecule has 7 heteroatoms. The zero-order chi connectivity index (χ0) is 15.2. The van der Waals surface area contributed by atoms with Gasteiger partial charge in [-0.15, -0.1) is 11.3 Å². The van der Waals surface area contributed by atoms with Gasteiger partial charge in [-0.05, 0) is 24.3 Å². The number of para-hydroxylation sites is 1. The molecule has 21 heavy (non-hydrogen) atoms. The van der Waals surface area contributed by atoms with Crippen LogP contribution >= 0.6 is 34.5 Å². The lowest BCUT2D eigenvalue weighted by Gasteiger charge is -2.15. The number of nitrogens with one attached hydrogen (secondary N) is 2. The van der Waals surface area contributed by atoms with Gasteiger partial charge in [0, 0.05) is 12.0 Å². The van der Waals surface area contributed by atoms with E-state index in [0.29, 0.717) is 21.6 Å². The predicted octanol–water partition coefficient (Wildman–Crippen LogP) is 4.56. The number of amides is 2. The summed E-state index contributed by atoms with van der Waals surface area (Å²) in [7, 11) is 1.59. The standard InChI is InChI=1S/C14H14Cl2N2O2S/c1-20-11(12-6-7-13(16)21-12)8-17-14(19)18-10-5-3-2-4-9(10)15/h2-7,11H,8H2,1H3,(H2,17,18,19). The first-order valence-electron chi connectivity index (χ1n) is 6.17. The smallest absolute Gasteiger partial charge is 0.319 e. The van der Waals surface area contributed by atoms with Crippen LogP contribution in [0.5, 0.6) is 0 Å². The molecule has 0 saturated carbocycles. The summed E-state index contributed by atoms with van der Waals surface area (Å²) in [5.74, 6) is 0. The van der Waals surface area contributed by atoms with Crippen molar-refractivity contribution in [2.24, 2.45) is 0 Å². The number of carbonyl (C=O) groups is 1. The van der Waals surface area contributed by atoms with Crippen molar-refractivity contribution in [2.75, 3.05) is 19.0 Å². The first kappa shape index (κ1) is 16.1. The monoisotopic (exact) mass is 344 g/mol. The molecular formula is C14H14Cl2N2O2S. The number of benzene rings is 1. The fourth-order valence-corrected chi connectivity index (χ4v) is 3.04. The van der Waals surface area contributed by atoms with Gasteiger partial charge in [-0.3, -0.25) is 0 Å². The maximum absolute atomic E-state index is 11.9. The van der Waals surface area contributed by atoms with Gasteiger partial charge in [0.1, 0.15) is 6.10 Å². The summed E-state index contributed by atoms with van der Waals surface area (Å²) < 4.78 is 6.04. The summed E-state index contributed by atoms with van der Waals surface area (Å²) in [4.78, 5) is 12.8. The summed E-state index contributed by atoms with van der Waals surface area (Å²) in [5.41, 5.74) is 0.560. The lowest BCUT2D eigenvalue weighted by Crippen LogP contribution is -2.32. The van der Waals surface area contributed by atoms with E-state index in [1.54, 1.807) is 37.4 Å². The largest absolute Gasteiger partial charge is 0.374 e. The molecule has 1 aromatic carbocycles. The van der Waals surface area contributed by atoms with Crippen molar-refractivity contribution in [3.63, 3.8) is 0 Å². The molecule has 1 atom stereocenters. The minimum Gasteiger partial charge on any atom is -0.374 e. The minimum atomic E-state index is -0.340. The molecule has 0 fully saturated rings. The van der Waals surface area contributed by atoms with Crippen LogP contribution in [-0.2, 0) is 4.74 Å². The highest BCUT2D eigenvalue weighted by molar-refractivity contribution is 7.16. The Kier molecular flexibility index (Phi) is 5.87. The fraction of sp³-hybridized carbons (Fsp3) is 0.214. The van der Waals surface area contributed by atoms with Gasteiger partial charge in [0.2, 0.25) is 0 Å². The molecular weight excluding hydrogens is 331 g/mol. The summed E-state index contributed by atoms with van der Waals surface area (Å²) in [5, 5.41) is 5.92. The third kappa shape index (κ3) is 4.61. The van der Waals surface area contributed by atoms with E-state index in [2.05, 4.69) is 10.6 Å². The van der Waals surface area contributed by atoms with Gasteiger partial charge in [-0.25, -0.2) is 4.79 Å². The molecule has 0 aliphatic rings. The van der Waals surface area contributed by atoms with E-state index >= 15 is 0 Å². The molecule has 0 radical (unpaired) electrons. The second kappa shape index (κ2) is 7.66. The number of ether oxygens (including phenoxy) is 1. The van der Waals surface area contributed by atoms with E-state index < -0.39 is 0 Å². The highest BCUT2D eigenvalue weighted by atomic mass is 35.5. The number of urea groups is 1. The van der Waals surface area contributed by atoms with Gasteiger partial charge in [-0.2, -0.15) is 0 Å². The number of anilines is 1. The molecule has 0 saturated heterocycles. The van der Waals surface area contributed by atoms with Crippen molar-refractivity contribution in [3.8, 4) is 0 Å². The number of rotatable bonds is 5. The molecule has 1 unspecified atom stereocenters. The van der Waals surface area contributed by atoms with Gasteiger partial charge < -0.3 is 15.4 Å². The van der Waals surface area contributed by atoms with Gasteiger partial charge >= 0.3 is 6.03 Å². The summed E-state index contributed by atoms with van der Waals surface area (Å²) in [6.07, 6.45) is -0.237. The van der Waals surface area contributed by atoms with E-state index in [-0.39, 0.29) is 12.1 Å². The average Bonchev–Trinajstić information content (AvgIpc) is 2.89. The van der Waals surface area contributed by atoms with Crippen LogP contribution in [0.4, 0.5) is 10.5 Å². The molecule has 0 bridgehead atoms. The van der Waals surface area contributed by atoms with Gasteiger partial charge in [0.05, 0.1) is 21.6 Å². The molecule has 1 aromatic heterocycles. The minimum absolute atomic E-state index is 0.237. The van der Waals surface area contributed by atoms with Crippen LogP contribution in [0.3, 0.4) is 0 Å². The number of methoxy groups -OCH3 is 1. The van der Waals surface area contributed by atoms with Crippen LogP contribution in [0.1, 0.15) is 11.0 Å². The zero-order valence-electron chi connectivity index (χ0n) is 11.2. The van der Waals surface area contributed by atoms with E-state index in [0.717, 1.165) is 4.88 Å². The molecule has 0 aliphatic heterocycles. The van der Waals surface area contributed by atoms with E-state index in [1.165, 1.54) is 11.3 Å². The average molecular weight is 345 g/mol. The van der Waals surface area contributed by atoms with Crippen LogP contribution < -0.4 is 10.6 Å². The summed E-state index contributed by atoms with van der Waals surface area (Å²) in [6, 6.07) is 10.4. The third-order valence-electron chi connectivity index (χ3n) is 2.77. The van der Waals surface area contributed by atoms with E-state index in [9.17, 15) is 4.79 Å². The van der Waals surface area contributed by atoms with Crippen molar-refractivity contribution in [3.05, 3.63) is 50.6 Å². The van der Waals surface area contributed by atoms with E-state index in [4.69, 9.17) is 27.9 Å². The molecule has 0 spiro atoms. The van der Waals surface area contributed by atoms with Crippen molar-refractivity contribution in [1.82, 2.24) is 5.32 Å². The van der Waals surface area contributed by atoms with Gasteiger partial charge in [0.15, 0.2) is 0 Å². The second-order valence-corrected chi connectivity index (χ2v) is 6.33. The lowest BCUT2D eigenvalue weighted by atomic mass is 10.3. The van der Waals surface area contributed by atoms with E-state index in [1.807, 2.05) is 6.07 Å². The van der Waals surface area contributed by atoms with Crippen molar-refractivity contribution in [1.29, 1.82) is 0 Å². The molecule has 1 heterocycles. The highest BCUT2D eigenvalue weighted by Gasteiger charge is 2.14. The van der Waals surface area contributed by atoms with Crippen LogP contribution in [0, 0.1) is 0 Å². The van der Waals surface area contributed by atoms with Crippen LogP contribution in [0.2, 0.25) is 9.36 Å². The van der Waals surface area contributed by atoms with Crippen LogP contribution in [0.15, 0.2) is 36.4 Å². The molecule has 4 nitrogen and oxygen atoms in total. The second-order valence-electron chi connectivity index (χ2n) is 4.18. The highest BCUT2D eigenvalue weighted by Crippen LogP contribution is 2.28. The van der Waals surface area contributed by atoms with Crippen LogP contribution in [0.25, 0.3) is 0 Å². The molecule has 2 rings (SSSR count). The topological polar surface area (TPSA) is 50.4 Å². The third-order valence-corrected chi connectivity index (χ3v) is 4.42.